The average molecular weight is 504 g/mol. The summed E-state index contributed by atoms with van der Waals surface area (Å²) in [6, 6.07) is 9.99. The van der Waals surface area contributed by atoms with Gasteiger partial charge in [0.25, 0.3) is 0 Å². The lowest BCUT2D eigenvalue weighted by Gasteiger charge is -2.29. The second-order valence-electron chi connectivity index (χ2n) is 8.62. The maximum Gasteiger partial charge on any atom is 0.306 e. The first-order chi connectivity index (χ1) is 16.9. The molecule has 2 aromatic rings. The van der Waals surface area contributed by atoms with E-state index < -0.39 is 5.97 Å². The number of thiophene rings is 1. The van der Waals surface area contributed by atoms with E-state index in [9.17, 15) is 18.8 Å². The number of halogens is 1. The van der Waals surface area contributed by atoms with E-state index in [4.69, 9.17) is 4.74 Å². The Bertz CT molecular complexity index is 946. The van der Waals surface area contributed by atoms with Gasteiger partial charge in [0.15, 0.2) is 0 Å². The van der Waals surface area contributed by atoms with Crippen molar-refractivity contribution >= 4 is 29.1 Å². The fourth-order valence-electron chi connectivity index (χ4n) is 4.06. The Kier molecular flexibility index (Phi) is 10.7. The monoisotopic (exact) mass is 503 g/mol. The van der Waals surface area contributed by atoms with E-state index in [1.54, 1.807) is 40.2 Å². The third-order valence-corrected chi connectivity index (χ3v) is 6.84. The summed E-state index contributed by atoms with van der Waals surface area (Å²) in [4.78, 5) is 44.8. The average Bonchev–Trinajstić information content (AvgIpc) is 3.55. The molecule has 35 heavy (non-hydrogen) atoms. The van der Waals surface area contributed by atoms with Gasteiger partial charge in [-0.25, -0.2) is 4.39 Å². The van der Waals surface area contributed by atoms with Crippen LogP contribution in [-0.2, 0) is 32.2 Å². The standard InChI is InChI=1S/C26H34FN3O4S/c1-2-34-26(33)12-11-24(31)29(16-15-28-13-3-4-14-28)20-25(32)30(19-23-6-5-17-35-23)18-21-7-9-22(27)10-8-21/h5-10,17H,2-4,11-16,18-20H2,1H3. The highest BCUT2D eigenvalue weighted by Gasteiger charge is 2.24. The van der Waals surface area contributed by atoms with Crippen molar-refractivity contribution < 1.29 is 23.5 Å². The lowest BCUT2D eigenvalue weighted by atomic mass is 10.2. The van der Waals surface area contributed by atoms with E-state index in [-0.39, 0.29) is 43.6 Å². The van der Waals surface area contributed by atoms with Gasteiger partial charge >= 0.3 is 5.97 Å². The van der Waals surface area contributed by atoms with Crippen LogP contribution in [0, 0.1) is 5.82 Å². The molecular formula is C26H34FN3O4S. The van der Waals surface area contributed by atoms with Crippen LogP contribution in [0.3, 0.4) is 0 Å². The zero-order chi connectivity index (χ0) is 25.0. The zero-order valence-corrected chi connectivity index (χ0v) is 21.1. The Labute approximate surface area is 210 Å². The summed E-state index contributed by atoms with van der Waals surface area (Å²) in [6.07, 6.45) is 2.29. The molecule has 0 unspecified atom stereocenters. The number of amides is 2. The van der Waals surface area contributed by atoms with E-state index in [2.05, 4.69) is 4.90 Å². The predicted octanol–water partition coefficient (Wildman–Crippen LogP) is 3.68. The summed E-state index contributed by atoms with van der Waals surface area (Å²) >= 11 is 1.56. The fourth-order valence-corrected chi connectivity index (χ4v) is 4.78. The summed E-state index contributed by atoms with van der Waals surface area (Å²) in [5.41, 5.74) is 0.813. The first kappa shape index (κ1) is 26.8. The summed E-state index contributed by atoms with van der Waals surface area (Å²) in [6.45, 7) is 5.76. The van der Waals surface area contributed by atoms with Crippen molar-refractivity contribution in [2.24, 2.45) is 0 Å². The molecular weight excluding hydrogens is 469 g/mol. The van der Waals surface area contributed by atoms with E-state index >= 15 is 0 Å². The maximum atomic E-state index is 13.4. The maximum absolute atomic E-state index is 13.4. The molecule has 0 atom stereocenters. The topological polar surface area (TPSA) is 70.2 Å². The Morgan fingerprint density at radius 3 is 2.40 bits per heavy atom. The fraction of sp³-hybridized carbons (Fsp3) is 0.500. The third kappa shape index (κ3) is 9.07. The van der Waals surface area contributed by atoms with Gasteiger partial charge in [0.05, 0.1) is 26.1 Å². The smallest absolute Gasteiger partial charge is 0.306 e. The molecule has 1 fully saturated rings. The van der Waals surface area contributed by atoms with Crippen LogP contribution in [0.15, 0.2) is 41.8 Å². The zero-order valence-electron chi connectivity index (χ0n) is 20.3. The summed E-state index contributed by atoms with van der Waals surface area (Å²) < 4.78 is 18.3. The van der Waals surface area contributed by atoms with Crippen LogP contribution in [0.1, 0.15) is 43.0 Å². The highest BCUT2D eigenvalue weighted by molar-refractivity contribution is 7.09. The van der Waals surface area contributed by atoms with E-state index in [0.717, 1.165) is 36.4 Å². The molecule has 190 valence electrons. The van der Waals surface area contributed by atoms with Crippen LogP contribution in [-0.4, -0.2) is 71.8 Å². The predicted molar refractivity (Wildman–Crippen MR) is 133 cm³/mol. The number of likely N-dealkylation sites (tertiary alicyclic amines) is 1. The molecule has 0 bridgehead atoms. The summed E-state index contributed by atoms with van der Waals surface area (Å²) in [7, 11) is 0. The number of hydrogen-bond donors (Lipinski definition) is 0. The third-order valence-electron chi connectivity index (χ3n) is 5.98. The number of carbonyl (C=O) groups excluding carboxylic acids is 3. The normalized spacial score (nSPS) is 13.5. The number of ether oxygens (including phenoxy) is 1. The Hall–Kier alpha value is -2.78. The molecule has 2 heterocycles. The van der Waals surface area contributed by atoms with E-state index in [1.807, 2.05) is 17.5 Å². The van der Waals surface area contributed by atoms with Gasteiger partial charge in [-0.2, -0.15) is 0 Å². The molecule has 3 rings (SSSR count). The van der Waals surface area contributed by atoms with Crippen LogP contribution in [0.2, 0.25) is 0 Å². The molecule has 0 aliphatic carbocycles. The molecule has 0 spiro atoms. The summed E-state index contributed by atoms with van der Waals surface area (Å²) in [5, 5.41) is 1.96. The van der Waals surface area contributed by atoms with Crippen molar-refractivity contribution in [2.75, 3.05) is 39.3 Å². The van der Waals surface area contributed by atoms with Crippen molar-refractivity contribution in [1.29, 1.82) is 0 Å². The number of nitrogens with zero attached hydrogens (tertiary/aromatic N) is 3. The van der Waals surface area contributed by atoms with Gasteiger partial charge in [-0.05, 0) is 62.0 Å². The molecule has 1 saturated heterocycles. The molecule has 0 saturated carbocycles. The quantitative estimate of drug-likeness (QED) is 0.390. The minimum atomic E-state index is -0.415. The van der Waals surface area contributed by atoms with E-state index in [1.165, 1.54) is 12.1 Å². The van der Waals surface area contributed by atoms with Crippen LogP contribution in [0.25, 0.3) is 0 Å². The number of rotatable bonds is 13. The minimum Gasteiger partial charge on any atom is -0.466 e. The van der Waals surface area contributed by atoms with Crippen molar-refractivity contribution in [2.45, 2.75) is 45.7 Å². The molecule has 0 N–H and O–H groups in total. The Balaban J connectivity index is 1.69. The van der Waals surface area contributed by atoms with Crippen LogP contribution < -0.4 is 0 Å². The second-order valence-corrected chi connectivity index (χ2v) is 9.66. The van der Waals surface area contributed by atoms with Gasteiger partial charge in [0.1, 0.15) is 5.82 Å². The first-order valence-electron chi connectivity index (χ1n) is 12.1. The van der Waals surface area contributed by atoms with Gasteiger partial charge in [-0.15, -0.1) is 11.3 Å². The molecule has 1 aliphatic rings. The van der Waals surface area contributed by atoms with Gasteiger partial charge in [0.2, 0.25) is 11.8 Å². The van der Waals surface area contributed by atoms with Crippen molar-refractivity contribution in [3.8, 4) is 0 Å². The number of hydrogen-bond acceptors (Lipinski definition) is 6. The van der Waals surface area contributed by atoms with Gasteiger partial charge in [-0.1, -0.05) is 18.2 Å². The Morgan fingerprint density at radius 2 is 1.74 bits per heavy atom. The molecule has 0 radical (unpaired) electrons. The summed E-state index contributed by atoms with van der Waals surface area (Å²) in [5.74, 6) is -1.16. The highest BCUT2D eigenvalue weighted by atomic mass is 32.1. The van der Waals surface area contributed by atoms with Crippen LogP contribution in [0.5, 0.6) is 0 Å². The van der Waals surface area contributed by atoms with Crippen LogP contribution in [0.4, 0.5) is 4.39 Å². The second kappa shape index (κ2) is 13.9. The first-order valence-corrected chi connectivity index (χ1v) is 13.0. The highest BCUT2D eigenvalue weighted by Crippen LogP contribution is 2.16. The van der Waals surface area contributed by atoms with Crippen molar-refractivity contribution in [3.63, 3.8) is 0 Å². The van der Waals surface area contributed by atoms with Gasteiger partial charge in [-0.3, -0.25) is 14.4 Å². The lowest BCUT2D eigenvalue weighted by Crippen LogP contribution is -2.45. The largest absolute Gasteiger partial charge is 0.466 e. The lowest BCUT2D eigenvalue weighted by molar-refractivity contribution is -0.146. The molecule has 1 aliphatic heterocycles. The van der Waals surface area contributed by atoms with E-state index in [0.29, 0.717) is 26.2 Å². The van der Waals surface area contributed by atoms with Gasteiger partial charge < -0.3 is 19.4 Å². The van der Waals surface area contributed by atoms with Crippen LogP contribution >= 0.6 is 11.3 Å². The molecule has 9 heteroatoms. The van der Waals surface area contributed by atoms with Crippen molar-refractivity contribution in [3.05, 3.63) is 58.0 Å². The molecule has 1 aromatic carbocycles. The molecule has 2 amide bonds. The minimum absolute atomic E-state index is 0.00440. The number of benzene rings is 1. The van der Waals surface area contributed by atoms with Gasteiger partial charge in [0, 0.05) is 30.9 Å². The molecule has 1 aromatic heterocycles. The Morgan fingerprint density at radius 1 is 1.00 bits per heavy atom. The molecule has 7 nitrogen and oxygen atoms in total. The number of carbonyl (C=O) groups is 3. The number of esters is 1. The SMILES string of the molecule is CCOC(=O)CCC(=O)N(CCN1CCCC1)CC(=O)N(Cc1ccc(F)cc1)Cc1cccs1. The van der Waals surface area contributed by atoms with Crippen molar-refractivity contribution in [1.82, 2.24) is 14.7 Å².